The van der Waals surface area contributed by atoms with E-state index in [9.17, 15) is 14.7 Å². The molecule has 0 atom stereocenters. The number of nitrogens with zero attached hydrogens (tertiary/aromatic N) is 5. The fourth-order valence-electron chi connectivity index (χ4n) is 3.93. The molecule has 0 spiro atoms. The van der Waals surface area contributed by atoms with E-state index < -0.39 is 5.97 Å². The Hall–Kier alpha value is -3.95. The number of oxime groups is 1. The number of hydrogen-bond donors (Lipinski definition) is 1. The first-order valence-electron chi connectivity index (χ1n) is 10.6. The first-order chi connectivity index (χ1) is 15.9. The van der Waals surface area contributed by atoms with Crippen LogP contribution in [0.1, 0.15) is 45.8 Å². The number of rotatable bonds is 9. The molecule has 172 valence electrons. The minimum atomic E-state index is -0.870. The zero-order chi connectivity index (χ0) is 23.4. The molecule has 3 aromatic rings. The predicted octanol–water partition coefficient (Wildman–Crippen LogP) is 2.62. The molecule has 33 heavy (non-hydrogen) atoms. The normalized spacial score (nSPS) is 14.2. The van der Waals surface area contributed by atoms with E-state index in [1.54, 1.807) is 37.6 Å². The van der Waals surface area contributed by atoms with Crippen LogP contribution in [0.25, 0.3) is 0 Å². The van der Waals surface area contributed by atoms with Crippen molar-refractivity contribution in [3.05, 3.63) is 64.7 Å². The molecule has 1 aliphatic carbocycles. The Morgan fingerprint density at radius 2 is 1.97 bits per heavy atom. The quantitative estimate of drug-likeness (QED) is 0.392. The SMILES string of the molecule is COc1ccc(C(=O)Cn2cc(CON=C3CCCc4c3cc(C)n4CC(=O)O)nn2)cc1. The van der Waals surface area contributed by atoms with Gasteiger partial charge in [-0.05, 0) is 56.5 Å². The number of Topliss-reactive ketones (excluding diaryl/α,β-unsaturated/α-hetero) is 1. The molecule has 10 heteroatoms. The minimum Gasteiger partial charge on any atom is -0.497 e. The smallest absolute Gasteiger partial charge is 0.323 e. The summed E-state index contributed by atoms with van der Waals surface area (Å²) in [7, 11) is 1.57. The van der Waals surface area contributed by atoms with Crippen molar-refractivity contribution in [1.29, 1.82) is 0 Å². The highest BCUT2D eigenvalue weighted by molar-refractivity contribution is 6.02. The van der Waals surface area contributed by atoms with Gasteiger partial charge in [0.1, 0.15) is 24.5 Å². The molecule has 2 heterocycles. The average molecular weight is 451 g/mol. The highest BCUT2D eigenvalue weighted by Gasteiger charge is 2.23. The topological polar surface area (TPSA) is 121 Å². The van der Waals surface area contributed by atoms with Gasteiger partial charge in [0.25, 0.3) is 0 Å². The maximum Gasteiger partial charge on any atom is 0.323 e. The van der Waals surface area contributed by atoms with Gasteiger partial charge in [0.05, 0.1) is 19.0 Å². The number of carboxylic acid groups (broad SMARTS) is 1. The second-order valence-corrected chi connectivity index (χ2v) is 7.85. The van der Waals surface area contributed by atoms with Gasteiger partial charge in [0, 0.05) is 22.5 Å². The molecule has 0 amide bonds. The molecule has 2 aromatic heterocycles. The van der Waals surface area contributed by atoms with Crippen LogP contribution < -0.4 is 4.74 Å². The summed E-state index contributed by atoms with van der Waals surface area (Å²) in [6.45, 7) is 2.01. The van der Waals surface area contributed by atoms with Gasteiger partial charge in [-0.1, -0.05) is 10.4 Å². The Morgan fingerprint density at radius 1 is 1.18 bits per heavy atom. The highest BCUT2D eigenvalue weighted by atomic mass is 16.6. The fourth-order valence-corrected chi connectivity index (χ4v) is 3.93. The summed E-state index contributed by atoms with van der Waals surface area (Å²) in [6.07, 6.45) is 4.10. The van der Waals surface area contributed by atoms with E-state index in [1.807, 2.05) is 17.6 Å². The van der Waals surface area contributed by atoms with Crippen LogP contribution in [0, 0.1) is 6.92 Å². The largest absolute Gasteiger partial charge is 0.497 e. The van der Waals surface area contributed by atoms with E-state index in [1.165, 1.54) is 4.68 Å². The van der Waals surface area contributed by atoms with E-state index >= 15 is 0 Å². The summed E-state index contributed by atoms with van der Waals surface area (Å²) >= 11 is 0. The van der Waals surface area contributed by atoms with Crippen molar-refractivity contribution in [3.8, 4) is 5.75 Å². The van der Waals surface area contributed by atoms with E-state index in [0.717, 1.165) is 41.9 Å². The van der Waals surface area contributed by atoms with Crippen LogP contribution in [0.4, 0.5) is 0 Å². The first kappa shape index (κ1) is 22.3. The van der Waals surface area contributed by atoms with Gasteiger partial charge in [-0.3, -0.25) is 9.59 Å². The Kier molecular flexibility index (Phi) is 6.53. The molecule has 0 aliphatic heterocycles. The molecular formula is C23H25N5O5. The third-order valence-electron chi connectivity index (χ3n) is 5.54. The molecule has 0 radical (unpaired) electrons. The molecule has 1 N–H and O–H groups in total. The van der Waals surface area contributed by atoms with Crippen LogP contribution in [0.15, 0.2) is 41.7 Å². The summed E-state index contributed by atoms with van der Waals surface area (Å²) in [5.74, 6) is -0.274. The molecule has 0 bridgehead atoms. The number of aromatic nitrogens is 4. The maximum atomic E-state index is 12.4. The average Bonchev–Trinajstić information content (AvgIpc) is 3.38. The monoisotopic (exact) mass is 451 g/mol. The lowest BCUT2D eigenvalue weighted by Gasteiger charge is -2.16. The zero-order valence-electron chi connectivity index (χ0n) is 18.5. The Labute approximate surface area is 190 Å². The summed E-state index contributed by atoms with van der Waals surface area (Å²) in [6, 6.07) is 8.85. The molecule has 0 unspecified atom stereocenters. The molecule has 0 saturated heterocycles. The van der Waals surface area contributed by atoms with E-state index in [2.05, 4.69) is 15.5 Å². The molecule has 1 aliphatic rings. The number of hydrogen-bond acceptors (Lipinski definition) is 7. The lowest BCUT2D eigenvalue weighted by Crippen LogP contribution is -2.18. The summed E-state index contributed by atoms with van der Waals surface area (Å²) in [5, 5.41) is 21.5. The number of ether oxygens (including phenoxy) is 1. The molecule has 0 fully saturated rings. The molecular weight excluding hydrogens is 426 g/mol. The standard InChI is InChI=1S/C23H25N5O5/c1-15-10-19-20(4-3-5-21(19)28(15)13-23(30)31)25-33-14-17-11-27(26-24-17)12-22(29)16-6-8-18(32-2)9-7-16/h6-11H,3-5,12-14H2,1-2H3,(H,30,31). The van der Waals surface area contributed by atoms with Gasteiger partial charge in [-0.15, -0.1) is 5.10 Å². The number of methoxy groups -OCH3 is 1. The number of benzene rings is 1. The summed E-state index contributed by atoms with van der Waals surface area (Å²) in [4.78, 5) is 29.1. The van der Waals surface area contributed by atoms with E-state index in [4.69, 9.17) is 9.57 Å². The van der Waals surface area contributed by atoms with Crippen molar-refractivity contribution in [2.75, 3.05) is 7.11 Å². The summed E-state index contributed by atoms with van der Waals surface area (Å²) < 4.78 is 8.39. The Balaban J connectivity index is 1.37. The van der Waals surface area contributed by atoms with Crippen molar-refractivity contribution in [2.45, 2.75) is 45.9 Å². The highest BCUT2D eigenvalue weighted by Crippen LogP contribution is 2.26. The number of aryl methyl sites for hydroxylation is 1. The van der Waals surface area contributed by atoms with Crippen LogP contribution in [-0.2, 0) is 35.7 Å². The van der Waals surface area contributed by atoms with Gasteiger partial charge < -0.3 is 19.2 Å². The summed E-state index contributed by atoms with van der Waals surface area (Å²) in [5.41, 5.74) is 4.72. The van der Waals surface area contributed by atoms with Gasteiger partial charge >= 0.3 is 5.97 Å². The number of aliphatic carboxylic acids is 1. The third kappa shape index (κ3) is 5.11. The van der Waals surface area contributed by atoms with Gasteiger partial charge in [-0.2, -0.15) is 0 Å². The lowest BCUT2D eigenvalue weighted by atomic mass is 9.96. The third-order valence-corrected chi connectivity index (χ3v) is 5.54. The van der Waals surface area contributed by atoms with Crippen LogP contribution >= 0.6 is 0 Å². The number of carboxylic acids is 1. The van der Waals surface area contributed by atoms with Crippen LogP contribution in [0.3, 0.4) is 0 Å². The zero-order valence-corrected chi connectivity index (χ0v) is 18.5. The number of fused-ring (bicyclic) bond motifs is 1. The Morgan fingerprint density at radius 3 is 2.70 bits per heavy atom. The molecule has 1 aromatic carbocycles. The van der Waals surface area contributed by atoms with Crippen LogP contribution in [0.5, 0.6) is 5.75 Å². The van der Waals surface area contributed by atoms with Gasteiger partial charge in [-0.25, -0.2) is 4.68 Å². The second kappa shape index (κ2) is 9.68. The lowest BCUT2D eigenvalue weighted by molar-refractivity contribution is -0.137. The van der Waals surface area contributed by atoms with Crippen molar-refractivity contribution in [1.82, 2.24) is 19.6 Å². The van der Waals surface area contributed by atoms with Crippen molar-refractivity contribution < 1.29 is 24.3 Å². The first-order valence-corrected chi connectivity index (χ1v) is 10.6. The van der Waals surface area contributed by atoms with Crippen molar-refractivity contribution in [3.63, 3.8) is 0 Å². The fraction of sp³-hybridized carbons (Fsp3) is 0.348. The van der Waals surface area contributed by atoms with E-state index in [0.29, 0.717) is 17.0 Å². The van der Waals surface area contributed by atoms with Crippen molar-refractivity contribution >= 4 is 17.5 Å². The van der Waals surface area contributed by atoms with Gasteiger partial charge in [0.15, 0.2) is 12.4 Å². The molecule has 0 saturated carbocycles. The second-order valence-electron chi connectivity index (χ2n) is 7.85. The van der Waals surface area contributed by atoms with Crippen LogP contribution in [-0.4, -0.2) is 49.2 Å². The maximum absolute atomic E-state index is 12.4. The Bertz CT molecular complexity index is 1190. The predicted molar refractivity (Wildman–Crippen MR) is 118 cm³/mol. The van der Waals surface area contributed by atoms with Crippen LogP contribution in [0.2, 0.25) is 0 Å². The molecule has 10 nitrogen and oxygen atoms in total. The van der Waals surface area contributed by atoms with E-state index in [-0.39, 0.29) is 25.5 Å². The number of carbonyl (C=O) groups excluding carboxylic acids is 1. The van der Waals surface area contributed by atoms with Crippen molar-refractivity contribution in [2.24, 2.45) is 5.16 Å². The minimum absolute atomic E-state index is 0.0619. The number of ketones is 1. The van der Waals surface area contributed by atoms with Gasteiger partial charge in [0.2, 0.25) is 0 Å². The molecule has 4 rings (SSSR count). The number of carbonyl (C=O) groups is 2.